The number of benzene rings is 2. The van der Waals surface area contributed by atoms with Crippen LogP contribution in [-0.2, 0) is 15.7 Å². The lowest BCUT2D eigenvalue weighted by molar-refractivity contribution is -0.137. The fraction of sp³-hybridized carbons (Fsp3) is 0.318. The number of methoxy groups -OCH3 is 2. The van der Waals surface area contributed by atoms with Crippen LogP contribution in [0.5, 0.6) is 11.5 Å². The van der Waals surface area contributed by atoms with Gasteiger partial charge >= 0.3 is 6.18 Å². The molecule has 1 fully saturated rings. The van der Waals surface area contributed by atoms with E-state index in [0.717, 1.165) is 12.1 Å². The van der Waals surface area contributed by atoms with Gasteiger partial charge in [-0.15, -0.1) is 0 Å². The summed E-state index contributed by atoms with van der Waals surface area (Å²) in [6.45, 7) is 1.98. The molecule has 0 atom stereocenters. The number of anilines is 2. The van der Waals surface area contributed by atoms with Crippen molar-refractivity contribution in [3.8, 4) is 11.5 Å². The number of alkyl halides is 3. The molecule has 1 saturated heterocycles. The third kappa shape index (κ3) is 5.69. The van der Waals surface area contributed by atoms with Crippen LogP contribution >= 0.6 is 0 Å². The van der Waals surface area contributed by atoms with Crippen LogP contribution in [0.1, 0.15) is 11.1 Å². The first-order chi connectivity index (χ1) is 14.8. The van der Waals surface area contributed by atoms with Gasteiger partial charge in [0.05, 0.1) is 44.4 Å². The Hall–Kier alpha value is -3.20. The van der Waals surface area contributed by atoms with E-state index in [2.05, 4.69) is 5.32 Å². The Morgan fingerprint density at radius 3 is 2.42 bits per heavy atom. The first kappa shape index (κ1) is 22.5. The van der Waals surface area contributed by atoms with E-state index in [1.165, 1.54) is 26.4 Å². The number of hydrogen-bond donors (Lipinski definition) is 1. The maximum Gasteiger partial charge on any atom is 0.416 e. The number of rotatable bonds is 6. The summed E-state index contributed by atoms with van der Waals surface area (Å²) in [5, 5.41) is 2.58. The van der Waals surface area contributed by atoms with E-state index in [1.807, 2.05) is 4.90 Å². The first-order valence-electron chi connectivity index (χ1n) is 9.57. The Morgan fingerprint density at radius 1 is 1.06 bits per heavy atom. The van der Waals surface area contributed by atoms with Gasteiger partial charge in [0.25, 0.3) is 0 Å². The molecule has 0 radical (unpaired) electrons. The Bertz CT molecular complexity index is 954. The number of morpholine rings is 1. The third-order valence-corrected chi connectivity index (χ3v) is 4.77. The van der Waals surface area contributed by atoms with Crippen LogP contribution in [0.3, 0.4) is 0 Å². The lowest BCUT2D eigenvalue weighted by Crippen LogP contribution is -2.36. The zero-order valence-electron chi connectivity index (χ0n) is 17.2. The molecule has 0 unspecified atom stereocenters. The Balaban J connectivity index is 1.82. The molecule has 6 nitrogen and oxygen atoms in total. The monoisotopic (exact) mass is 436 g/mol. The molecular weight excluding hydrogens is 413 g/mol. The molecule has 0 aliphatic carbocycles. The molecule has 1 amide bonds. The zero-order valence-corrected chi connectivity index (χ0v) is 17.2. The molecule has 1 aliphatic rings. The lowest BCUT2D eigenvalue weighted by Gasteiger charge is -2.30. The second kappa shape index (κ2) is 9.74. The van der Waals surface area contributed by atoms with Gasteiger partial charge in [0, 0.05) is 19.2 Å². The molecule has 166 valence electrons. The Kier molecular flexibility index (Phi) is 7.06. The number of carbonyl (C=O) groups is 1. The zero-order chi connectivity index (χ0) is 22.4. The average molecular weight is 436 g/mol. The molecule has 1 heterocycles. The molecule has 31 heavy (non-hydrogen) atoms. The van der Waals surface area contributed by atoms with Crippen molar-refractivity contribution in [3.63, 3.8) is 0 Å². The quantitative estimate of drug-likeness (QED) is 0.688. The number of ether oxygens (including phenoxy) is 3. The second-order valence-electron chi connectivity index (χ2n) is 6.77. The summed E-state index contributed by atoms with van der Waals surface area (Å²) in [5.74, 6) is 0.490. The van der Waals surface area contributed by atoms with Crippen molar-refractivity contribution < 1.29 is 32.2 Å². The normalized spacial score (nSPS) is 14.5. The first-order valence-corrected chi connectivity index (χ1v) is 9.57. The van der Waals surface area contributed by atoms with Gasteiger partial charge in [-0.1, -0.05) is 6.07 Å². The van der Waals surface area contributed by atoms with Crippen molar-refractivity contribution >= 4 is 23.4 Å². The molecule has 0 spiro atoms. The minimum atomic E-state index is -4.52. The average Bonchev–Trinajstić information content (AvgIpc) is 2.77. The smallest absolute Gasteiger partial charge is 0.416 e. The van der Waals surface area contributed by atoms with Crippen LogP contribution in [0.25, 0.3) is 6.08 Å². The van der Waals surface area contributed by atoms with E-state index in [9.17, 15) is 18.0 Å². The second-order valence-corrected chi connectivity index (χ2v) is 6.77. The van der Waals surface area contributed by atoms with Crippen LogP contribution < -0.4 is 19.7 Å². The van der Waals surface area contributed by atoms with Crippen LogP contribution in [0.2, 0.25) is 0 Å². The van der Waals surface area contributed by atoms with Gasteiger partial charge in [-0.25, -0.2) is 0 Å². The highest BCUT2D eigenvalue weighted by Crippen LogP contribution is 2.36. The highest BCUT2D eigenvalue weighted by atomic mass is 19.4. The third-order valence-electron chi connectivity index (χ3n) is 4.77. The Morgan fingerprint density at radius 2 is 1.77 bits per heavy atom. The number of nitrogens with zero attached hydrogens (tertiary/aromatic N) is 1. The van der Waals surface area contributed by atoms with E-state index < -0.39 is 17.6 Å². The largest absolute Gasteiger partial charge is 0.493 e. The van der Waals surface area contributed by atoms with Crippen LogP contribution in [0.15, 0.2) is 42.5 Å². The number of carbonyl (C=O) groups excluding carboxylic acids is 1. The van der Waals surface area contributed by atoms with Crippen LogP contribution in [0.4, 0.5) is 24.5 Å². The lowest BCUT2D eigenvalue weighted by atomic mass is 10.1. The summed E-state index contributed by atoms with van der Waals surface area (Å²) in [7, 11) is 3.01. The maximum atomic E-state index is 13.2. The van der Waals surface area contributed by atoms with Crippen molar-refractivity contribution in [2.75, 3.05) is 50.7 Å². The number of amides is 1. The van der Waals surface area contributed by atoms with Gasteiger partial charge in [-0.2, -0.15) is 13.2 Å². The summed E-state index contributed by atoms with van der Waals surface area (Å²) in [4.78, 5) is 14.4. The van der Waals surface area contributed by atoms with E-state index in [-0.39, 0.29) is 5.69 Å². The van der Waals surface area contributed by atoms with Gasteiger partial charge < -0.3 is 24.4 Å². The van der Waals surface area contributed by atoms with E-state index in [4.69, 9.17) is 14.2 Å². The molecule has 1 aliphatic heterocycles. The van der Waals surface area contributed by atoms with Gasteiger partial charge in [0.2, 0.25) is 5.91 Å². The summed E-state index contributed by atoms with van der Waals surface area (Å²) >= 11 is 0. The van der Waals surface area contributed by atoms with Crippen molar-refractivity contribution in [2.24, 2.45) is 0 Å². The highest BCUT2D eigenvalue weighted by molar-refractivity contribution is 6.04. The summed E-state index contributed by atoms with van der Waals surface area (Å²) in [5.41, 5.74) is 0.455. The molecule has 1 N–H and O–H groups in total. The molecule has 3 rings (SSSR count). The maximum absolute atomic E-state index is 13.2. The SMILES string of the molecule is COc1ccc(/C=C/C(=O)Nc2cc(C(F)(F)F)ccc2N2CCOCC2)cc1OC. The van der Waals surface area contributed by atoms with Gasteiger partial charge in [-0.05, 0) is 42.0 Å². The minimum absolute atomic E-state index is 0.0960. The standard InChI is InChI=1S/C22H23F3N2O4/c1-29-19-7-3-15(13-20(19)30-2)4-8-21(28)26-17-14-16(22(23,24)25)5-6-18(17)27-9-11-31-12-10-27/h3-8,13-14H,9-12H2,1-2H3,(H,26,28)/b8-4+. The molecule has 0 bridgehead atoms. The van der Waals surface area contributed by atoms with Gasteiger partial charge in [0.15, 0.2) is 11.5 Å². The molecule has 0 aromatic heterocycles. The predicted molar refractivity (Wildman–Crippen MR) is 112 cm³/mol. The van der Waals surface area contributed by atoms with Crippen LogP contribution in [-0.4, -0.2) is 46.4 Å². The predicted octanol–water partition coefficient (Wildman–Crippen LogP) is 4.21. The fourth-order valence-electron chi connectivity index (χ4n) is 3.20. The Labute approximate surface area is 178 Å². The summed E-state index contributed by atoms with van der Waals surface area (Å²) in [6, 6.07) is 8.45. The summed E-state index contributed by atoms with van der Waals surface area (Å²) in [6.07, 6.45) is -1.72. The number of hydrogen-bond acceptors (Lipinski definition) is 5. The fourth-order valence-corrected chi connectivity index (χ4v) is 3.20. The van der Waals surface area contributed by atoms with Crippen molar-refractivity contribution in [2.45, 2.75) is 6.18 Å². The van der Waals surface area contributed by atoms with E-state index in [0.29, 0.717) is 49.1 Å². The molecule has 9 heteroatoms. The molecule has 0 saturated carbocycles. The van der Waals surface area contributed by atoms with Crippen molar-refractivity contribution in [3.05, 3.63) is 53.6 Å². The minimum Gasteiger partial charge on any atom is -0.493 e. The number of nitrogens with one attached hydrogen (secondary N) is 1. The van der Waals surface area contributed by atoms with Crippen molar-refractivity contribution in [1.29, 1.82) is 0 Å². The van der Waals surface area contributed by atoms with Gasteiger partial charge in [0.1, 0.15) is 0 Å². The molecule has 2 aromatic carbocycles. The highest BCUT2D eigenvalue weighted by Gasteiger charge is 2.31. The molecular formula is C22H23F3N2O4. The van der Waals surface area contributed by atoms with Gasteiger partial charge in [-0.3, -0.25) is 4.79 Å². The summed E-state index contributed by atoms with van der Waals surface area (Å²) < 4.78 is 55.3. The molecule has 2 aromatic rings. The van der Waals surface area contributed by atoms with Crippen LogP contribution in [0, 0.1) is 0 Å². The van der Waals surface area contributed by atoms with Crippen molar-refractivity contribution in [1.82, 2.24) is 0 Å². The number of halogens is 3. The van der Waals surface area contributed by atoms with E-state index in [1.54, 1.807) is 24.3 Å². The van der Waals surface area contributed by atoms with E-state index >= 15 is 0 Å². The topological polar surface area (TPSA) is 60.0 Å².